The molecule has 20 heavy (non-hydrogen) atoms. The van der Waals surface area contributed by atoms with E-state index < -0.39 is 0 Å². The highest BCUT2D eigenvalue weighted by atomic mass is 16.5. The highest BCUT2D eigenvalue weighted by molar-refractivity contribution is 5.29. The van der Waals surface area contributed by atoms with Gasteiger partial charge in [-0.25, -0.2) is 0 Å². The zero-order valence-corrected chi connectivity index (χ0v) is 11.4. The smallest absolute Gasteiger partial charge is 0.174 e. The molecule has 1 aromatic carbocycles. The van der Waals surface area contributed by atoms with E-state index in [0.29, 0.717) is 0 Å². The Morgan fingerprint density at radius 2 is 2.10 bits per heavy atom. The third kappa shape index (κ3) is 4.08. The molecule has 0 bridgehead atoms. The summed E-state index contributed by atoms with van der Waals surface area (Å²) < 4.78 is 5.29. The van der Waals surface area contributed by atoms with Crippen LogP contribution >= 0.6 is 0 Å². The minimum atomic E-state index is 0.0737. The molecule has 0 fully saturated rings. The van der Waals surface area contributed by atoms with Gasteiger partial charge < -0.3 is 10.1 Å². The second-order valence-electron chi connectivity index (χ2n) is 4.48. The van der Waals surface area contributed by atoms with Crippen molar-refractivity contribution in [2.75, 3.05) is 6.61 Å². The molecule has 2 rings (SSSR count). The molecular weight excluding hydrogens is 250 g/mol. The maximum absolute atomic E-state index is 8.51. The fraction of sp³-hybridized carbons (Fsp3) is 0.250. The molecule has 0 spiro atoms. The number of hydrogen-bond donors (Lipinski definition) is 1. The topological polar surface area (TPSA) is 57.9 Å². The quantitative estimate of drug-likeness (QED) is 0.874. The summed E-state index contributed by atoms with van der Waals surface area (Å²) in [5.74, 6) is 0.724. The molecule has 1 N–H and O–H groups in total. The fourth-order valence-electron chi connectivity index (χ4n) is 1.90. The maximum Gasteiger partial charge on any atom is 0.174 e. The molecule has 0 aliphatic heterocycles. The van der Waals surface area contributed by atoms with E-state index in [2.05, 4.69) is 17.2 Å². The molecule has 102 valence electrons. The summed E-state index contributed by atoms with van der Waals surface area (Å²) in [5.41, 5.74) is 2.33. The summed E-state index contributed by atoms with van der Waals surface area (Å²) >= 11 is 0. The summed E-state index contributed by atoms with van der Waals surface area (Å²) in [6, 6.07) is 14.0. The van der Waals surface area contributed by atoms with Crippen LogP contribution in [0.2, 0.25) is 0 Å². The summed E-state index contributed by atoms with van der Waals surface area (Å²) in [4.78, 5) is 4.02. The molecule has 0 aliphatic rings. The van der Waals surface area contributed by atoms with Crippen LogP contribution in [0.15, 0.2) is 48.8 Å². The maximum atomic E-state index is 8.51. The van der Waals surface area contributed by atoms with Crippen molar-refractivity contribution in [1.29, 1.82) is 5.26 Å². The Morgan fingerprint density at radius 3 is 2.85 bits per heavy atom. The standard InChI is InChI=1S/C16H17N3O/c1-13(15-5-8-18-9-6-15)19-12-14-3-2-4-16(11-14)20-10-7-17/h2-6,8-9,11,13,19H,10,12H2,1H3/t13-/m1/s1. The van der Waals surface area contributed by atoms with Crippen LogP contribution in [0.5, 0.6) is 5.75 Å². The molecular formula is C16H17N3O. The Hall–Kier alpha value is -2.38. The largest absolute Gasteiger partial charge is 0.479 e. The molecule has 4 heteroatoms. The van der Waals surface area contributed by atoms with Gasteiger partial charge in [-0.2, -0.15) is 5.26 Å². The Kier molecular flexibility index (Phi) is 5.10. The van der Waals surface area contributed by atoms with Crippen LogP contribution < -0.4 is 10.1 Å². The minimum Gasteiger partial charge on any atom is -0.479 e. The molecule has 1 heterocycles. The number of aromatic nitrogens is 1. The third-order valence-electron chi connectivity index (χ3n) is 3.02. The first-order valence-corrected chi connectivity index (χ1v) is 6.51. The average molecular weight is 267 g/mol. The Bertz CT molecular complexity index is 578. The van der Waals surface area contributed by atoms with Gasteiger partial charge in [-0.15, -0.1) is 0 Å². The molecule has 0 unspecified atom stereocenters. The molecule has 0 saturated heterocycles. The number of rotatable bonds is 6. The molecule has 1 aromatic heterocycles. The van der Waals surface area contributed by atoms with Gasteiger partial charge in [0, 0.05) is 25.0 Å². The summed E-state index contributed by atoms with van der Waals surface area (Å²) in [5, 5.41) is 12.0. The van der Waals surface area contributed by atoms with Crippen molar-refractivity contribution >= 4 is 0 Å². The Labute approximate surface area is 119 Å². The molecule has 0 saturated carbocycles. The van der Waals surface area contributed by atoms with Gasteiger partial charge in [0.15, 0.2) is 6.61 Å². The van der Waals surface area contributed by atoms with Crippen LogP contribution in [-0.4, -0.2) is 11.6 Å². The van der Waals surface area contributed by atoms with E-state index in [9.17, 15) is 0 Å². The second kappa shape index (κ2) is 7.27. The average Bonchev–Trinajstić information content (AvgIpc) is 2.52. The van der Waals surface area contributed by atoms with Crippen LogP contribution in [0, 0.1) is 11.3 Å². The summed E-state index contributed by atoms with van der Waals surface area (Å²) in [6.45, 7) is 2.93. The molecule has 0 aliphatic carbocycles. The molecule has 1 atom stereocenters. The third-order valence-corrected chi connectivity index (χ3v) is 3.02. The Morgan fingerprint density at radius 1 is 1.30 bits per heavy atom. The van der Waals surface area contributed by atoms with Crippen molar-refractivity contribution in [2.24, 2.45) is 0 Å². The number of benzene rings is 1. The second-order valence-corrected chi connectivity index (χ2v) is 4.48. The van der Waals surface area contributed by atoms with Crippen molar-refractivity contribution in [2.45, 2.75) is 19.5 Å². The molecule has 4 nitrogen and oxygen atoms in total. The minimum absolute atomic E-state index is 0.0737. The van der Waals surface area contributed by atoms with Crippen LogP contribution in [-0.2, 0) is 6.54 Å². The van der Waals surface area contributed by atoms with E-state index in [1.165, 1.54) is 5.56 Å². The van der Waals surface area contributed by atoms with Gasteiger partial charge in [0.05, 0.1) is 0 Å². The van der Waals surface area contributed by atoms with Crippen LogP contribution in [0.3, 0.4) is 0 Å². The predicted molar refractivity (Wildman–Crippen MR) is 77.0 cm³/mol. The summed E-state index contributed by atoms with van der Waals surface area (Å²) in [6.07, 6.45) is 3.59. The van der Waals surface area contributed by atoms with Gasteiger partial charge >= 0.3 is 0 Å². The molecule has 2 aromatic rings. The van der Waals surface area contributed by atoms with E-state index in [1.54, 1.807) is 12.4 Å². The monoisotopic (exact) mass is 267 g/mol. The van der Waals surface area contributed by atoms with Crippen LogP contribution in [0.1, 0.15) is 24.1 Å². The van der Waals surface area contributed by atoms with E-state index in [4.69, 9.17) is 10.00 Å². The van der Waals surface area contributed by atoms with Gasteiger partial charge in [-0.3, -0.25) is 4.98 Å². The normalized spacial score (nSPS) is 11.6. The lowest BCUT2D eigenvalue weighted by atomic mass is 10.1. The first-order valence-electron chi connectivity index (χ1n) is 6.51. The number of ether oxygens (including phenoxy) is 1. The zero-order valence-electron chi connectivity index (χ0n) is 11.4. The lowest BCUT2D eigenvalue weighted by Gasteiger charge is -2.14. The van der Waals surface area contributed by atoms with Crippen molar-refractivity contribution in [3.63, 3.8) is 0 Å². The van der Waals surface area contributed by atoms with Crippen molar-refractivity contribution in [3.05, 3.63) is 59.9 Å². The number of pyridine rings is 1. The SMILES string of the molecule is C[C@@H](NCc1cccc(OCC#N)c1)c1ccncc1. The lowest BCUT2D eigenvalue weighted by molar-refractivity contribution is 0.367. The lowest BCUT2D eigenvalue weighted by Crippen LogP contribution is -2.18. The number of hydrogen-bond acceptors (Lipinski definition) is 4. The van der Waals surface area contributed by atoms with E-state index >= 15 is 0 Å². The summed E-state index contributed by atoms with van der Waals surface area (Å²) in [7, 11) is 0. The number of nitrogens with one attached hydrogen (secondary N) is 1. The number of nitriles is 1. The van der Waals surface area contributed by atoms with E-state index in [0.717, 1.165) is 17.9 Å². The molecule has 0 radical (unpaired) electrons. The predicted octanol–water partition coefficient (Wildman–Crippen LogP) is 2.83. The fourth-order valence-corrected chi connectivity index (χ4v) is 1.90. The first kappa shape index (κ1) is 14.0. The van der Waals surface area contributed by atoms with Gasteiger partial charge in [0.25, 0.3) is 0 Å². The first-order chi connectivity index (χ1) is 9.79. The number of nitrogens with zero attached hydrogens (tertiary/aromatic N) is 2. The highest BCUT2D eigenvalue weighted by Crippen LogP contribution is 2.15. The highest BCUT2D eigenvalue weighted by Gasteiger charge is 2.04. The van der Waals surface area contributed by atoms with Crippen molar-refractivity contribution in [3.8, 4) is 11.8 Å². The van der Waals surface area contributed by atoms with Gasteiger partial charge in [0.1, 0.15) is 11.8 Å². The van der Waals surface area contributed by atoms with Gasteiger partial charge in [-0.1, -0.05) is 12.1 Å². The van der Waals surface area contributed by atoms with Crippen LogP contribution in [0.25, 0.3) is 0 Å². The molecule has 0 amide bonds. The Balaban J connectivity index is 1.92. The van der Waals surface area contributed by atoms with E-state index in [1.807, 2.05) is 42.5 Å². The van der Waals surface area contributed by atoms with Crippen LogP contribution in [0.4, 0.5) is 0 Å². The van der Waals surface area contributed by atoms with Gasteiger partial charge in [-0.05, 0) is 42.3 Å². The van der Waals surface area contributed by atoms with Crippen molar-refractivity contribution < 1.29 is 4.74 Å². The van der Waals surface area contributed by atoms with Crippen molar-refractivity contribution in [1.82, 2.24) is 10.3 Å². The zero-order chi connectivity index (χ0) is 14.2. The van der Waals surface area contributed by atoms with E-state index in [-0.39, 0.29) is 12.6 Å². The van der Waals surface area contributed by atoms with Gasteiger partial charge in [0.2, 0.25) is 0 Å².